The lowest BCUT2D eigenvalue weighted by Crippen LogP contribution is -2.31. The first-order valence-electron chi connectivity index (χ1n) is 8.62. The number of rotatable bonds is 4. The van der Waals surface area contributed by atoms with E-state index < -0.39 is 6.10 Å². The summed E-state index contributed by atoms with van der Waals surface area (Å²) < 4.78 is 1.80. The minimum atomic E-state index is -0.994. The van der Waals surface area contributed by atoms with Gasteiger partial charge in [-0.2, -0.15) is 5.10 Å². The van der Waals surface area contributed by atoms with Crippen molar-refractivity contribution < 1.29 is 15.0 Å². The first-order chi connectivity index (χ1) is 12.2. The van der Waals surface area contributed by atoms with Gasteiger partial charge in [0.2, 0.25) is 0 Å². The maximum Gasteiger partial charge on any atom is 0.257 e. The molecular weight excluding hydrogens is 322 g/mol. The summed E-state index contributed by atoms with van der Waals surface area (Å²) in [5.74, 6) is 1.20. The Bertz CT molecular complexity index is 769. The molecule has 1 aliphatic carbocycles. The van der Waals surface area contributed by atoms with Crippen molar-refractivity contribution in [3.05, 3.63) is 41.2 Å². The molecule has 1 atom stereocenters. The Morgan fingerprint density at radius 1 is 1.28 bits per heavy atom. The Kier molecular flexibility index (Phi) is 4.22. The van der Waals surface area contributed by atoms with Crippen LogP contribution < -0.4 is 0 Å². The van der Waals surface area contributed by atoms with Crippen LogP contribution in [0.25, 0.3) is 0 Å². The molecule has 0 unspecified atom stereocenters. The van der Waals surface area contributed by atoms with Gasteiger partial charge >= 0.3 is 0 Å². The molecule has 3 heterocycles. The highest BCUT2D eigenvalue weighted by atomic mass is 16.3. The van der Waals surface area contributed by atoms with Crippen LogP contribution >= 0.6 is 0 Å². The minimum absolute atomic E-state index is 0.0961. The zero-order valence-corrected chi connectivity index (χ0v) is 13.9. The standard InChI is InChI=1S/C17H21N5O3/c23-10-15(24)14-6-13-9-21(4-1-5-22(13)20-14)17(25)12-7-18-16(19-8-12)11-2-3-11/h6-8,11,15,23-24H,1-5,9-10H2/t15-/m1/s1. The lowest BCUT2D eigenvalue weighted by molar-refractivity contribution is 0.0744. The molecule has 1 fully saturated rings. The van der Waals surface area contributed by atoms with Crippen LogP contribution in [-0.2, 0) is 13.1 Å². The Morgan fingerprint density at radius 3 is 2.72 bits per heavy atom. The molecule has 2 N–H and O–H groups in total. The summed E-state index contributed by atoms with van der Waals surface area (Å²) >= 11 is 0. The minimum Gasteiger partial charge on any atom is -0.393 e. The molecule has 2 aromatic rings. The number of hydrogen-bond acceptors (Lipinski definition) is 6. The summed E-state index contributed by atoms with van der Waals surface area (Å²) in [6.45, 7) is 1.34. The maximum absolute atomic E-state index is 12.8. The molecule has 2 aromatic heterocycles. The molecule has 132 valence electrons. The predicted octanol–water partition coefficient (Wildman–Crippen LogP) is 0.622. The van der Waals surface area contributed by atoms with Crippen molar-refractivity contribution in [3.8, 4) is 0 Å². The van der Waals surface area contributed by atoms with Gasteiger partial charge in [-0.25, -0.2) is 9.97 Å². The fourth-order valence-electron chi connectivity index (χ4n) is 3.10. The van der Waals surface area contributed by atoms with Gasteiger partial charge in [-0.05, 0) is 25.3 Å². The van der Waals surface area contributed by atoms with Gasteiger partial charge in [0.15, 0.2) is 0 Å². The molecule has 25 heavy (non-hydrogen) atoms. The van der Waals surface area contributed by atoms with Crippen LogP contribution in [0.3, 0.4) is 0 Å². The van der Waals surface area contributed by atoms with Crippen LogP contribution in [-0.4, -0.2) is 53.9 Å². The second kappa shape index (κ2) is 6.53. The van der Waals surface area contributed by atoms with Crippen LogP contribution in [0.2, 0.25) is 0 Å². The topological polar surface area (TPSA) is 104 Å². The van der Waals surface area contributed by atoms with E-state index in [0.29, 0.717) is 36.8 Å². The highest BCUT2D eigenvalue weighted by Crippen LogP contribution is 2.37. The highest BCUT2D eigenvalue weighted by molar-refractivity contribution is 5.93. The molecule has 1 saturated carbocycles. The highest BCUT2D eigenvalue weighted by Gasteiger charge is 2.27. The SMILES string of the molecule is O=C(c1cnc(C2CC2)nc1)N1CCCn2nc([C@H](O)CO)cc2C1. The average molecular weight is 343 g/mol. The molecule has 0 bridgehead atoms. The summed E-state index contributed by atoms with van der Waals surface area (Å²) in [7, 11) is 0. The van der Waals surface area contributed by atoms with Crippen LogP contribution in [0.15, 0.2) is 18.5 Å². The number of aliphatic hydroxyl groups is 2. The Morgan fingerprint density at radius 2 is 2.04 bits per heavy atom. The monoisotopic (exact) mass is 343 g/mol. The van der Waals surface area contributed by atoms with E-state index in [1.165, 1.54) is 0 Å². The summed E-state index contributed by atoms with van der Waals surface area (Å²) in [5.41, 5.74) is 1.78. The van der Waals surface area contributed by atoms with E-state index in [1.807, 2.05) is 0 Å². The number of aliphatic hydroxyl groups excluding tert-OH is 2. The first-order valence-corrected chi connectivity index (χ1v) is 8.62. The Labute approximate surface area is 145 Å². The summed E-state index contributed by atoms with van der Waals surface area (Å²) in [5, 5.41) is 23.2. The molecule has 4 rings (SSSR count). The van der Waals surface area contributed by atoms with Gasteiger partial charge in [0, 0.05) is 31.4 Å². The molecule has 8 nitrogen and oxygen atoms in total. The van der Waals surface area contributed by atoms with Crippen molar-refractivity contribution in [2.75, 3.05) is 13.2 Å². The van der Waals surface area contributed by atoms with Crippen molar-refractivity contribution in [1.29, 1.82) is 0 Å². The lowest BCUT2D eigenvalue weighted by Gasteiger charge is -2.19. The van der Waals surface area contributed by atoms with Gasteiger partial charge in [-0.15, -0.1) is 0 Å². The number of nitrogens with zero attached hydrogens (tertiary/aromatic N) is 5. The van der Waals surface area contributed by atoms with Crippen molar-refractivity contribution in [1.82, 2.24) is 24.6 Å². The van der Waals surface area contributed by atoms with E-state index >= 15 is 0 Å². The molecule has 8 heteroatoms. The van der Waals surface area contributed by atoms with E-state index in [0.717, 1.165) is 30.8 Å². The molecular formula is C17H21N5O3. The average Bonchev–Trinajstić information content (AvgIpc) is 3.44. The normalized spacial score (nSPS) is 18.6. The number of carbonyl (C=O) groups excluding carboxylic acids is 1. The van der Waals surface area contributed by atoms with Crippen molar-refractivity contribution in [2.45, 2.75) is 44.4 Å². The smallest absolute Gasteiger partial charge is 0.257 e. The first kappa shape index (κ1) is 16.2. The quantitative estimate of drug-likeness (QED) is 0.843. The fourth-order valence-corrected chi connectivity index (χ4v) is 3.10. The number of aryl methyl sites for hydroxylation is 1. The van der Waals surface area contributed by atoms with Gasteiger partial charge in [-0.3, -0.25) is 9.48 Å². The molecule has 0 spiro atoms. The van der Waals surface area contributed by atoms with Crippen molar-refractivity contribution in [2.24, 2.45) is 0 Å². The third kappa shape index (κ3) is 3.27. The van der Waals surface area contributed by atoms with Gasteiger partial charge < -0.3 is 15.1 Å². The summed E-state index contributed by atoms with van der Waals surface area (Å²) in [4.78, 5) is 23.2. The second-order valence-corrected chi connectivity index (χ2v) is 6.67. The molecule has 2 aliphatic rings. The zero-order chi connectivity index (χ0) is 17.4. The Hall–Kier alpha value is -2.32. The van der Waals surface area contributed by atoms with Gasteiger partial charge in [0.1, 0.15) is 11.9 Å². The fraction of sp³-hybridized carbons (Fsp3) is 0.529. The van der Waals surface area contributed by atoms with E-state index in [1.54, 1.807) is 28.0 Å². The third-order valence-electron chi connectivity index (χ3n) is 4.70. The zero-order valence-electron chi connectivity index (χ0n) is 13.9. The summed E-state index contributed by atoms with van der Waals surface area (Å²) in [6, 6.07) is 1.75. The van der Waals surface area contributed by atoms with E-state index in [9.17, 15) is 9.90 Å². The molecule has 1 amide bonds. The van der Waals surface area contributed by atoms with Crippen LogP contribution in [0.5, 0.6) is 0 Å². The van der Waals surface area contributed by atoms with Gasteiger partial charge in [0.05, 0.1) is 30.1 Å². The lowest BCUT2D eigenvalue weighted by atomic mass is 10.2. The number of hydrogen-bond donors (Lipinski definition) is 2. The third-order valence-corrected chi connectivity index (χ3v) is 4.70. The number of amides is 1. The second-order valence-electron chi connectivity index (χ2n) is 6.67. The largest absolute Gasteiger partial charge is 0.393 e. The van der Waals surface area contributed by atoms with Crippen LogP contribution in [0, 0.1) is 0 Å². The van der Waals surface area contributed by atoms with Crippen LogP contribution in [0.4, 0.5) is 0 Å². The van der Waals surface area contributed by atoms with Crippen molar-refractivity contribution in [3.63, 3.8) is 0 Å². The van der Waals surface area contributed by atoms with Crippen LogP contribution in [0.1, 0.15) is 58.9 Å². The van der Waals surface area contributed by atoms with E-state index in [4.69, 9.17) is 5.11 Å². The van der Waals surface area contributed by atoms with Gasteiger partial charge in [-0.1, -0.05) is 0 Å². The Balaban J connectivity index is 1.51. The number of carbonyl (C=O) groups is 1. The maximum atomic E-state index is 12.8. The molecule has 0 aromatic carbocycles. The molecule has 0 radical (unpaired) electrons. The predicted molar refractivity (Wildman–Crippen MR) is 87.6 cm³/mol. The van der Waals surface area contributed by atoms with E-state index in [-0.39, 0.29) is 12.5 Å². The molecule has 1 aliphatic heterocycles. The number of aromatic nitrogens is 4. The van der Waals surface area contributed by atoms with Gasteiger partial charge in [0.25, 0.3) is 5.91 Å². The summed E-state index contributed by atoms with van der Waals surface area (Å²) in [6.07, 6.45) is 5.28. The van der Waals surface area contributed by atoms with E-state index in [2.05, 4.69) is 15.1 Å². The van der Waals surface area contributed by atoms with Crippen molar-refractivity contribution >= 4 is 5.91 Å². The molecule has 0 saturated heterocycles. The number of fused-ring (bicyclic) bond motifs is 1.